The predicted molar refractivity (Wildman–Crippen MR) is 83.6 cm³/mol. The van der Waals surface area contributed by atoms with Crippen molar-refractivity contribution in [3.05, 3.63) is 59.4 Å². The largest absolute Gasteiger partial charge is 0.454 e. The fourth-order valence-electron chi connectivity index (χ4n) is 2.23. The van der Waals surface area contributed by atoms with Crippen molar-refractivity contribution < 1.29 is 23.5 Å². The average Bonchev–Trinajstić information content (AvgIpc) is 3.06. The summed E-state index contributed by atoms with van der Waals surface area (Å²) >= 11 is 0. The molecule has 0 unspecified atom stereocenters. The maximum atomic E-state index is 13.5. The molecule has 2 amide bonds. The minimum atomic E-state index is -0.584. The van der Waals surface area contributed by atoms with Crippen molar-refractivity contribution in [2.24, 2.45) is 0 Å². The maximum Gasteiger partial charge on any atom is 0.254 e. The first kappa shape index (κ1) is 15.8. The van der Waals surface area contributed by atoms with E-state index in [9.17, 15) is 14.0 Å². The zero-order valence-electron chi connectivity index (χ0n) is 12.7. The van der Waals surface area contributed by atoms with Crippen molar-refractivity contribution in [2.75, 3.05) is 19.9 Å². The molecule has 0 radical (unpaired) electrons. The Hall–Kier alpha value is -3.09. The van der Waals surface area contributed by atoms with Crippen LogP contribution in [0.25, 0.3) is 0 Å². The molecule has 0 fully saturated rings. The van der Waals surface area contributed by atoms with Gasteiger partial charge in [-0.25, -0.2) is 4.39 Å². The average molecular weight is 330 g/mol. The van der Waals surface area contributed by atoms with E-state index in [2.05, 4.69) is 10.6 Å². The van der Waals surface area contributed by atoms with Gasteiger partial charge in [0.25, 0.3) is 11.8 Å². The Bertz CT molecular complexity index is 779. The Morgan fingerprint density at radius 2 is 1.67 bits per heavy atom. The van der Waals surface area contributed by atoms with Crippen LogP contribution in [0.4, 0.5) is 4.39 Å². The Morgan fingerprint density at radius 1 is 0.958 bits per heavy atom. The van der Waals surface area contributed by atoms with E-state index in [4.69, 9.17) is 9.47 Å². The Labute approximate surface area is 137 Å². The number of carbonyl (C=O) groups is 2. The molecule has 0 saturated carbocycles. The van der Waals surface area contributed by atoms with Crippen LogP contribution < -0.4 is 20.1 Å². The number of nitrogens with one attached hydrogen (secondary N) is 2. The molecule has 0 saturated heterocycles. The van der Waals surface area contributed by atoms with Gasteiger partial charge in [-0.3, -0.25) is 9.59 Å². The molecule has 1 aliphatic heterocycles. The van der Waals surface area contributed by atoms with Gasteiger partial charge in [0, 0.05) is 18.7 Å². The topological polar surface area (TPSA) is 76.7 Å². The molecule has 1 heterocycles. The summed E-state index contributed by atoms with van der Waals surface area (Å²) in [7, 11) is 0. The maximum absolute atomic E-state index is 13.5. The van der Waals surface area contributed by atoms with Crippen LogP contribution in [0.2, 0.25) is 0 Å². The molecule has 3 rings (SSSR count). The molecule has 0 atom stereocenters. The fourth-order valence-corrected chi connectivity index (χ4v) is 2.23. The predicted octanol–water partition coefficient (Wildman–Crippen LogP) is 1.71. The molecule has 7 heteroatoms. The van der Waals surface area contributed by atoms with Gasteiger partial charge < -0.3 is 20.1 Å². The molecular formula is C17H15FN2O4. The van der Waals surface area contributed by atoms with Crippen LogP contribution in [-0.2, 0) is 0 Å². The first-order chi connectivity index (χ1) is 11.6. The third-order valence-electron chi connectivity index (χ3n) is 3.45. The number of hydrogen-bond acceptors (Lipinski definition) is 4. The second-order valence-electron chi connectivity index (χ2n) is 5.06. The Kier molecular flexibility index (Phi) is 4.60. The van der Waals surface area contributed by atoms with E-state index in [0.717, 1.165) is 0 Å². The van der Waals surface area contributed by atoms with Crippen LogP contribution in [0.1, 0.15) is 20.7 Å². The molecule has 2 aromatic carbocycles. The number of benzene rings is 2. The highest BCUT2D eigenvalue weighted by atomic mass is 19.1. The molecular weight excluding hydrogens is 315 g/mol. The van der Waals surface area contributed by atoms with Crippen LogP contribution >= 0.6 is 0 Å². The first-order valence-corrected chi connectivity index (χ1v) is 7.36. The third kappa shape index (κ3) is 3.45. The SMILES string of the molecule is O=C(NCCNC(=O)c1ccccc1F)c1ccc2c(c1)OCO2. The zero-order chi connectivity index (χ0) is 16.9. The van der Waals surface area contributed by atoms with Gasteiger partial charge in [-0.1, -0.05) is 12.1 Å². The molecule has 124 valence electrons. The van der Waals surface area contributed by atoms with Crippen LogP contribution in [0.3, 0.4) is 0 Å². The van der Waals surface area contributed by atoms with Crippen molar-refractivity contribution in [1.29, 1.82) is 0 Å². The monoisotopic (exact) mass is 330 g/mol. The van der Waals surface area contributed by atoms with E-state index in [-0.39, 0.29) is 31.4 Å². The molecule has 0 aliphatic carbocycles. The van der Waals surface area contributed by atoms with E-state index in [1.807, 2.05) is 0 Å². The lowest BCUT2D eigenvalue weighted by Gasteiger charge is -2.08. The summed E-state index contributed by atoms with van der Waals surface area (Å²) in [6.07, 6.45) is 0. The van der Waals surface area contributed by atoms with Crippen LogP contribution in [0.15, 0.2) is 42.5 Å². The minimum Gasteiger partial charge on any atom is -0.454 e. The van der Waals surface area contributed by atoms with Crippen molar-refractivity contribution >= 4 is 11.8 Å². The summed E-state index contributed by atoms with van der Waals surface area (Å²) in [5, 5.41) is 5.22. The van der Waals surface area contributed by atoms with Gasteiger partial charge in [0.2, 0.25) is 6.79 Å². The molecule has 0 aromatic heterocycles. The van der Waals surface area contributed by atoms with Gasteiger partial charge in [-0.05, 0) is 30.3 Å². The number of carbonyl (C=O) groups excluding carboxylic acids is 2. The van der Waals surface area contributed by atoms with E-state index < -0.39 is 11.7 Å². The van der Waals surface area contributed by atoms with Crippen LogP contribution in [-0.4, -0.2) is 31.7 Å². The van der Waals surface area contributed by atoms with Gasteiger partial charge in [-0.15, -0.1) is 0 Å². The number of halogens is 1. The van der Waals surface area contributed by atoms with Crippen molar-refractivity contribution in [3.8, 4) is 11.5 Å². The van der Waals surface area contributed by atoms with E-state index in [0.29, 0.717) is 17.1 Å². The fraction of sp³-hybridized carbons (Fsp3) is 0.176. The number of rotatable bonds is 5. The van der Waals surface area contributed by atoms with Crippen LogP contribution in [0.5, 0.6) is 11.5 Å². The molecule has 2 aromatic rings. The number of fused-ring (bicyclic) bond motifs is 1. The van der Waals surface area contributed by atoms with E-state index in [1.165, 1.54) is 18.2 Å². The normalized spacial score (nSPS) is 11.9. The van der Waals surface area contributed by atoms with Crippen molar-refractivity contribution in [2.45, 2.75) is 0 Å². The highest BCUT2D eigenvalue weighted by molar-refractivity contribution is 5.95. The lowest BCUT2D eigenvalue weighted by molar-refractivity contribution is 0.0925. The Balaban J connectivity index is 1.47. The van der Waals surface area contributed by atoms with Crippen molar-refractivity contribution in [3.63, 3.8) is 0 Å². The second kappa shape index (κ2) is 6.99. The Morgan fingerprint density at radius 3 is 2.46 bits per heavy atom. The standard InChI is InChI=1S/C17H15FN2O4/c18-13-4-2-1-3-12(13)17(22)20-8-7-19-16(21)11-5-6-14-15(9-11)24-10-23-14/h1-6,9H,7-8,10H2,(H,19,21)(H,20,22). The van der Waals surface area contributed by atoms with Gasteiger partial charge in [-0.2, -0.15) is 0 Å². The molecule has 1 aliphatic rings. The number of amides is 2. The van der Waals surface area contributed by atoms with Gasteiger partial charge in [0.1, 0.15) is 5.82 Å². The molecule has 2 N–H and O–H groups in total. The number of ether oxygens (including phenoxy) is 2. The highest BCUT2D eigenvalue weighted by Gasteiger charge is 2.16. The van der Waals surface area contributed by atoms with Gasteiger partial charge >= 0.3 is 0 Å². The number of hydrogen-bond donors (Lipinski definition) is 2. The molecule has 0 spiro atoms. The second-order valence-corrected chi connectivity index (χ2v) is 5.06. The third-order valence-corrected chi connectivity index (χ3v) is 3.45. The van der Waals surface area contributed by atoms with E-state index in [1.54, 1.807) is 24.3 Å². The lowest BCUT2D eigenvalue weighted by Crippen LogP contribution is -2.35. The highest BCUT2D eigenvalue weighted by Crippen LogP contribution is 2.32. The van der Waals surface area contributed by atoms with Gasteiger partial charge in [0.15, 0.2) is 11.5 Å². The molecule has 6 nitrogen and oxygen atoms in total. The summed E-state index contributed by atoms with van der Waals surface area (Å²) in [5.74, 6) is -0.280. The van der Waals surface area contributed by atoms with Gasteiger partial charge in [0.05, 0.1) is 5.56 Å². The summed E-state index contributed by atoms with van der Waals surface area (Å²) in [6.45, 7) is 0.541. The quantitative estimate of drug-likeness (QED) is 0.819. The van der Waals surface area contributed by atoms with Crippen molar-refractivity contribution in [1.82, 2.24) is 10.6 Å². The summed E-state index contributed by atoms with van der Waals surface area (Å²) in [4.78, 5) is 23.8. The zero-order valence-corrected chi connectivity index (χ0v) is 12.7. The summed E-state index contributed by atoms with van der Waals surface area (Å²) < 4.78 is 23.8. The summed E-state index contributed by atoms with van der Waals surface area (Å²) in [5.41, 5.74) is 0.402. The van der Waals surface area contributed by atoms with E-state index >= 15 is 0 Å². The molecule has 24 heavy (non-hydrogen) atoms. The first-order valence-electron chi connectivity index (χ1n) is 7.36. The lowest BCUT2D eigenvalue weighted by atomic mass is 10.2. The minimum absolute atomic E-state index is 0.0282. The summed E-state index contributed by atoms with van der Waals surface area (Å²) in [6, 6.07) is 10.6. The smallest absolute Gasteiger partial charge is 0.254 e. The molecule has 0 bridgehead atoms. The van der Waals surface area contributed by atoms with Crippen LogP contribution in [0, 0.1) is 5.82 Å².